The fourth-order valence-corrected chi connectivity index (χ4v) is 4.58. The van der Waals surface area contributed by atoms with Crippen molar-refractivity contribution in [1.29, 1.82) is 0 Å². The van der Waals surface area contributed by atoms with E-state index in [4.69, 9.17) is 4.74 Å². The van der Waals surface area contributed by atoms with Crippen LogP contribution in [0.4, 0.5) is 4.39 Å². The number of nitrogens with one attached hydrogen (secondary N) is 1. The van der Waals surface area contributed by atoms with Crippen molar-refractivity contribution in [2.24, 2.45) is 5.92 Å². The molecular weight excluding hydrogens is 417 g/mol. The third-order valence-electron chi connectivity index (χ3n) is 5.64. The number of rotatable bonds is 7. The van der Waals surface area contributed by atoms with Crippen LogP contribution in [0.5, 0.6) is 0 Å². The van der Waals surface area contributed by atoms with Gasteiger partial charge in [-0.25, -0.2) is 12.8 Å². The van der Waals surface area contributed by atoms with Crippen molar-refractivity contribution in [3.05, 3.63) is 65.5 Å². The minimum atomic E-state index is -3.24. The Labute approximate surface area is 183 Å². The molecule has 1 saturated heterocycles. The number of carbonyl (C=O) groups excluding carboxylic acids is 1. The lowest BCUT2D eigenvalue weighted by atomic mass is 9.88. The number of benzene rings is 2. The summed E-state index contributed by atoms with van der Waals surface area (Å²) in [7, 11) is -3.24. The normalized spacial score (nSPS) is 19.9. The quantitative estimate of drug-likeness (QED) is 0.702. The molecule has 3 rings (SSSR count). The van der Waals surface area contributed by atoms with Gasteiger partial charge in [0, 0.05) is 19.4 Å². The van der Waals surface area contributed by atoms with Crippen LogP contribution in [-0.2, 0) is 32.2 Å². The molecule has 0 bridgehead atoms. The van der Waals surface area contributed by atoms with E-state index in [2.05, 4.69) is 5.32 Å². The largest absolute Gasteiger partial charge is 0.376 e. The number of hydrogen-bond donors (Lipinski definition) is 1. The summed E-state index contributed by atoms with van der Waals surface area (Å²) in [6, 6.07) is 13.0. The number of halogens is 1. The first kappa shape index (κ1) is 23.4. The van der Waals surface area contributed by atoms with Gasteiger partial charge in [0.1, 0.15) is 5.82 Å². The van der Waals surface area contributed by atoms with E-state index >= 15 is 0 Å². The zero-order valence-electron chi connectivity index (χ0n) is 17.8. The smallest absolute Gasteiger partial charge is 0.224 e. The third-order valence-corrected chi connectivity index (χ3v) is 6.77. The van der Waals surface area contributed by atoms with E-state index in [9.17, 15) is 17.6 Å². The number of amides is 1. The maximum absolute atomic E-state index is 13.2. The molecule has 2 atom stereocenters. The van der Waals surface area contributed by atoms with Gasteiger partial charge in [-0.05, 0) is 67.0 Å². The third kappa shape index (κ3) is 7.74. The molecule has 0 spiro atoms. The van der Waals surface area contributed by atoms with Crippen LogP contribution in [0.25, 0.3) is 0 Å². The highest BCUT2D eigenvalue weighted by Crippen LogP contribution is 2.24. The summed E-state index contributed by atoms with van der Waals surface area (Å²) < 4.78 is 42.2. The van der Waals surface area contributed by atoms with E-state index in [1.54, 1.807) is 12.1 Å². The zero-order valence-corrected chi connectivity index (χ0v) is 18.7. The van der Waals surface area contributed by atoms with Crippen LogP contribution in [0, 0.1) is 11.7 Å². The molecule has 0 saturated carbocycles. The van der Waals surface area contributed by atoms with Crippen LogP contribution in [0.1, 0.15) is 36.8 Å². The molecule has 31 heavy (non-hydrogen) atoms. The molecular formula is C24H30FNO4S. The molecule has 1 heterocycles. The summed E-state index contributed by atoms with van der Waals surface area (Å²) in [5.41, 5.74) is 1.88. The Morgan fingerprint density at radius 2 is 1.74 bits per heavy atom. The maximum Gasteiger partial charge on any atom is 0.224 e. The summed E-state index contributed by atoms with van der Waals surface area (Å²) in [6.45, 7) is 1.14. The summed E-state index contributed by atoms with van der Waals surface area (Å²) in [4.78, 5) is 12.6. The van der Waals surface area contributed by atoms with Gasteiger partial charge in [-0.15, -0.1) is 0 Å². The molecule has 2 unspecified atom stereocenters. The van der Waals surface area contributed by atoms with Gasteiger partial charge in [-0.2, -0.15) is 0 Å². The first-order valence-electron chi connectivity index (χ1n) is 10.7. The Balaban J connectivity index is 1.51. The topological polar surface area (TPSA) is 72.5 Å². The van der Waals surface area contributed by atoms with Gasteiger partial charge >= 0.3 is 0 Å². The van der Waals surface area contributed by atoms with Gasteiger partial charge in [-0.3, -0.25) is 4.79 Å². The van der Waals surface area contributed by atoms with E-state index in [0.717, 1.165) is 49.5 Å². The minimum absolute atomic E-state index is 0.0534. The molecule has 1 aliphatic rings. The van der Waals surface area contributed by atoms with Gasteiger partial charge in [0.05, 0.1) is 17.4 Å². The van der Waals surface area contributed by atoms with Crippen LogP contribution in [-0.4, -0.2) is 39.8 Å². The maximum atomic E-state index is 13.2. The van der Waals surface area contributed by atoms with E-state index in [-0.39, 0.29) is 29.1 Å². The van der Waals surface area contributed by atoms with E-state index in [1.165, 1.54) is 24.3 Å². The molecule has 2 aromatic carbocycles. The summed E-state index contributed by atoms with van der Waals surface area (Å²) in [5.74, 6) is 0.0837. The first-order valence-corrected chi connectivity index (χ1v) is 12.6. The second kappa shape index (κ2) is 10.9. The molecule has 0 radical (unpaired) electrons. The van der Waals surface area contributed by atoms with Crippen molar-refractivity contribution in [3.8, 4) is 0 Å². The Morgan fingerprint density at radius 1 is 1.06 bits per heavy atom. The van der Waals surface area contributed by atoms with Crippen LogP contribution in [0.15, 0.2) is 53.4 Å². The number of hydrogen-bond acceptors (Lipinski definition) is 4. The number of ether oxygens (including phenoxy) is 1. The summed E-state index contributed by atoms with van der Waals surface area (Å²) in [5, 5.41) is 2.95. The monoisotopic (exact) mass is 447 g/mol. The summed E-state index contributed by atoms with van der Waals surface area (Å²) >= 11 is 0. The lowest BCUT2D eigenvalue weighted by molar-refractivity contribution is -0.121. The van der Waals surface area contributed by atoms with Gasteiger partial charge in [0.2, 0.25) is 5.91 Å². The zero-order chi connectivity index (χ0) is 22.3. The predicted octanol–water partition coefficient (Wildman–Crippen LogP) is 3.71. The Hall–Kier alpha value is -2.25. The number of carbonyl (C=O) groups is 1. The van der Waals surface area contributed by atoms with Crippen molar-refractivity contribution in [2.45, 2.75) is 49.5 Å². The van der Waals surface area contributed by atoms with Crippen molar-refractivity contribution in [2.75, 3.05) is 19.4 Å². The highest BCUT2D eigenvalue weighted by atomic mass is 32.2. The van der Waals surface area contributed by atoms with Gasteiger partial charge in [0.15, 0.2) is 9.84 Å². The molecule has 1 amide bonds. The fourth-order valence-electron chi connectivity index (χ4n) is 3.95. The van der Waals surface area contributed by atoms with Crippen LogP contribution < -0.4 is 5.32 Å². The Morgan fingerprint density at radius 3 is 2.42 bits per heavy atom. The van der Waals surface area contributed by atoms with Crippen molar-refractivity contribution >= 4 is 15.7 Å². The Bertz CT molecular complexity index is 958. The van der Waals surface area contributed by atoms with Gasteiger partial charge < -0.3 is 10.1 Å². The van der Waals surface area contributed by atoms with Crippen molar-refractivity contribution in [3.63, 3.8) is 0 Å². The first-order chi connectivity index (χ1) is 14.8. The molecule has 1 fully saturated rings. The molecule has 0 aromatic heterocycles. The van der Waals surface area contributed by atoms with Crippen LogP contribution in [0.2, 0.25) is 0 Å². The van der Waals surface area contributed by atoms with E-state index in [1.807, 2.05) is 12.1 Å². The summed E-state index contributed by atoms with van der Waals surface area (Å²) in [6.07, 6.45) is 6.22. The van der Waals surface area contributed by atoms with Gasteiger partial charge in [0.25, 0.3) is 0 Å². The highest BCUT2D eigenvalue weighted by Gasteiger charge is 2.21. The van der Waals surface area contributed by atoms with Crippen molar-refractivity contribution < 1.29 is 22.3 Å². The fraction of sp³-hybridized carbons (Fsp3) is 0.458. The standard InChI is InChI=1S/C24H30FNO4S/c1-31(28,29)23-11-7-19(8-12-23)16-24(27)26-17-22-15-20(4-2-3-13-30-22)14-18-5-9-21(25)10-6-18/h5-12,20,22H,2-4,13-17H2,1H3,(H,26,27). The average molecular weight is 448 g/mol. The SMILES string of the molecule is CS(=O)(=O)c1ccc(CC(=O)NCC2CC(Cc3ccc(F)cc3)CCCCO2)cc1. The highest BCUT2D eigenvalue weighted by molar-refractivity contribution is 7.90. The predicted molar refractivity (Wildman–Crippen MR) is 118 cm³/mol. The van der Waals surface area contributed by atoms with E-state index < -0.39 is 9.84 Å². The second-order valence-corrected chi connectivity index (χ2v) is 10.3. The lowest BCUT2D eigenvalue weighted by Crippen LogP contribution is -2.36. The molecule has 1 N–H and O–H groups in total. The van der Waals surface area contributed by atoms with E-state index in [0.29, 0.717) is 19.1 Å². The molecule has 2 aromatic rings. The number of sulfone groups is 1. The molecule has 168 valence electrons. The second-order valence-electron chi connectivity index (χ2n) is 8.32. The van der Waals surface area contributed by atoms with Gasteiger partial charge in [-0.1, -0.05) is 30.7 Å². The average Bonchev–Trinajstić information content (AvgIpc) is 2.70. The van der Waals surface area contributed by atoms with Crippen molar-refractivity contribution in [1.82, 2.24) is 5.32 Å². The van der Waals surface area contributed by atoms with Crippen LogP contribution in [0.3, 0.4) is 0 Å². The Kier molecular flexibility index (Phi) is 8.21. The molecule has 0 aliphatic carbocycles. The molecule has 5 nitrogen and oxygen atoms in total. The lowest BCUT2D eigenvalue weighted by Gasteiger charge is -2.27. The van der Waals surface area contributed by atoms with Crippen LogP contribution >= 0.6 is 0 Å². The molecule has 1 aliphatic heterocycles. The minimum Gasteiger partial charge on any atom is -0.376 e. The molecule has 7 heteroatoms.